The molecule has 0 aromatic heterocycles. The Morgan fingerprint density at radius 1 is 1.05 bits per heavy atom. The summed E-state index contributed by atoms with van der Waals surface area (Å²) in [5.74, 6) is 0. The molecule has 0 aliphatic rings. The third kappa shape index (κ3) is 5.23. The van der Waals surface area contributed by atoms with E-state index in [-0.39, 0.29) is 10.3 Å². The molecule has 0 fully saturated rings. The van der Waals surface area contributed by atoms with E-state index in [1.807, 2.05) is 13.8 Å². The van der Waals surface area contributed by atoms with Crippen molar-refractivity contribution in [1.29, 1.82) is 0 Å². The van der Waals surface area contributed by atoms with Crippen LogP contribution >= 0.6 is 0 Å². The molecule has 1 aromatic rings. The number of rotatable bonds is 5. The summed E-state index contributed by atoms with van der Waals surface area (Å²) in [6.45, 7) is 10.5. The van der Waals surface area contributed by atoms with Gasteiger partial charge in [0.1, 0.15) is 0 Å². The summed E-state index contributed by atoms with van der Waals surface area (Å²) in [5, 5.41) is 0. The fourth-order valence-electron chi connectivity index (χ4n) is 2.59. The van der Waals surface area contributed by atoms with E-state index in [1.54, 1.807) is 24.3 Å². The first-order chi connectivity index (χ1) is 8.95. The van der Waals surface area contributed by atoms with Crippen LogP contribution in [-0.2, 0) is 16.6 Å². The Kier molecular flexibility index (Phi) is 5.00. The van der Waals surface area contributed by atoms with Gasteiger partial charge in [0.25, 0.3) is 0 Å². The lowest BCUT2D eigenvalue weighted by atomic mass is 9.82. The molecular weight excluding hydrogens is 272 g/mol. The number of sulfonamides is 1. The maximum atomic E-state index is 12.4. The maximum absolute atomic E-state index is 12.4. The molecule has 0 saturated heterocycles. The van der Waals surface area contributed by atoms with Gasteiger partial charge in [-0.2, -0.15) is 0 Å². The molecule has 4 nitrogen and oxygen atoms in total. The van der Waals surface area contributed by atoms with E-state index < -0.39 is 15.6 Å². The zero-order chi connectivity index (χ0) is 15.6. The van der Waals surface area contributed by atoms with Crippen LogP contribution in [0.2, 0.25) is 0 Å². The lowest BCUT2D eigenvalue weighted by Gasteiger charge is -2.33. The van der Waals surface area contributed by atoms with Gasteiger partial charge in [0.15, 0.2) is 0 Å². The van der Waals surface area contributed by atoms with E-state index in [1.165, 1.54) is 0 Å². The summed E-state index contributed by atoms with van der Waals surface area (Å²) >= 11 is 0. The predicted octanol–water partition coefficient (Wildman–Crippen LogP) is 2.64. The second-order valence-electron chi connectivity index (χ2n) is 7.07. The number of nitrogens with one attached hydrogen (secondary N) is 1. The highest BCUT2D eigenvalue weighted by molar-refractivity contribution is 7.89. The average molecular weight is 298 g/mol. The van der Waals surface area contributed by atoms with Crippen LogP contribution in [0.3, 0.4) is 0 Å². The third-order valence-corrected chi connectivity index (χ3v) is 4.57. The molecule has 0 amide bonds. The highest BCUT2D eigenvalue weighted by atomic mass is 32.2. The molecule has 0 aliphatic carbocycles. The van der Waals surface area contributed by atoms with Crippen LogP contribution < -0.4 is 10.5 Å². The van der Waals surface area contributed by atoms with Crippen LogP contribution in [0.5, 0.6) is 0 Å². The monoisotopic (exact) mass is 298 g/mol. The van der Waals surface area contributed by atoms with Gasteiger partial charge in [-0.05, 0) is 43.4 Å². The van der Waals surface area contributed by atoms with Gasteiger partial charge in [-0.25, -0.2) is 13.1 Å². The van der Waals surface area contributed by atoms with E-state index in [0.717, 1.165) is 12.0 Å². The molecule has 1 aromatic carbocycles. The molecule has 0 radical (unpaired) electrons. The molecule has 0 saturated carbocycles. The first-order valence-electron chi connectivity index (χ1n) is 6.78. The molecule has 0 aliphatic heterocycles. The molecule has 1 rings (SSSR count). The van der Waals surface area contributed by atoms with Crippen LogP contribution in [0.1, 0.15) is 46.6 Å². The Bertz CT molecular complexity index is 540. The SMILES string of the molecule is CC(C)(C)CC(C)(C)NS(=O)(=O)c1ccc(CN)cc1. The van der Waals surface area contributed by atoms with E-state index in [9.17, 15) is 8.42 Å². The van der Waals surface area contributed by atoms with Crippen molar-refractivity contribution in [1.82, 2.24) is 4.72 Å². The largest absolute Gasteiger partial charge is 0.326 e. The van der Waals surface area contributed by atoms with Gasteiger partial charge in [0.2, 0.25) is 10.0 Å². The summed E-state index contributed by atoms with van der Waals surface area (Å²) in [6.07, 6.45) is 0.750. The van der Waals surface area contributed by atoms with Crippen molar-refractivity contribution in [3.05, 3.63) is 29.8 Å². The van der Waals surface area contributed by atoms with Gasteiger partial charge in [-0.1, -0.05) is 32.9 Å². The first kappa shape index (κ1) is 17.1. The Hall–Kier alpha value is -0.910. The summed E-state index contributed by atoms with van der Waals surface area (Å²) in [6, 6.07) is 6.67. The topological polar surface area (TPSA) is 72.2 Å². The number of hydrogen-bond acceptors (Lipinski definition) is 3. The summed E-state index contributed by atoms with van der Waals surface area (Å²) in [7, 11) is -3.51. The second-order valence-corrected chi connectivity index (χ2v) is 8.76. The van der Waals surface area contributed by atoms with Crippen LogP contribution in [0.4, 0.5) is 0 Å². The minimum absolute atomic E-state index is 0.0510. The quantitative estimate of drug-likeness (QED) is 0.877. The van der Waals surface area contributed by atoms with Gasteiger partial charge < -0.3 is 5.73 Å². The van der Waals surface area contributed by atoms with Crippen LogP contribution in [-0.4, -0.2) is 14.0 Å². The molecule has 0 spiro atoms. The van der Waals surface area contributed by atoms with E-state index >= 15 is 0 Å². The van der Waals surface area contributed by atoms with Crippen molar-refractivity contribution < 1.29 is 8.42 Å². The maximum Gasteiger partial charge on any atom is 0.241 e. The zero-order valence-electron chi connectivity index (χ0n) is 13.0. The van der Waals surface area contributed by atoms with Crippen molar-refractivity contribution in [2.45, 2.75) is 58.0 Å². The minimum Gasteiger partial charge on any atom is -0.326 e. The normalized spacial score (nSPS) is 13.5. The molecule has 20 heavy (non-hydrogen) atoms. The van der Waals surface area contributed by atoms with E-state index in [4.69, 9.17) is 5.73 Å². The van der Waals surface area contributed by atoms with Crippen LogP contribution in [0.15, 0.2) is 29.2 Å². The van der Waals surface area contributed by atoms with Crippen molar-refractivity contribution in [3.63, 3.8) is 0 Å². The second kappa shape index (κ2) is 5.84. The molecule has 3 N–H and O–H groups in total. The predicted molar refractivity (Wildman–Crippen MR) is 82.8 cm³/mol. The highest BCUT2D eigenvalue weighted by Gasteiger charge is 2.30. The van der Waals surface area contributed by atoms with Gasteiger partial charge in [-0.15, -0.1) is 0 Å². The van der Waals surface area contributed by atoms with Crippen molar-refractivity contribution in [3.8, 4) is 0 Å². The molecule has 0 bridgehead atoms. The molecular formula is C15H26N2O2S. The summed E-state index contributed by atoms with van der Waals surface area (Å²) < 4.78 is 27.6. The summed E-state index contributed by atoms with van der Waals surface area (Å²) in [5.41, 5.74) is 5.98. The Balaban J connectivity index is 2.93. The van der Waals surface area contributed by atoms with Crippen LogP contribution in [0.25, 0.3) is 0 Å². The van der Waals surface area contributed by atoms with Gasteiger partial charge in [0.05, 0.1) is 4.90 Å². The number of hydrogen-bond donors (Lipinski definition) is 2. The molecule has 0 heterocycles. The Labute approximate surface area is 122 Å². The molecule has 5 heteroatoms. The van der Waals surface area contributed by atoms with Crippen molar-refractivity contribution >= 4 is 10.0 Å². The minimum atomic E-state index is -3.51. The van der Waals surface area contributed by atoms with Gasteiger partial charge in [-0.3, -0.25) is 0 Å². The number of nitrogens with two attached hydrogens (primary N) is 1. The Morgan fingerprint density at radius 3 is 1.95 bits per heavy atom. The molecule has 114 valence electrons. The first-order valence-corrected chi connectivity index (χ1v) is 8.27. The standard InChI is InChI=1S/C15H26N2O2S/c1-14(2,3)11-15(4,5)17-20(18,19)13-8-6-12(10-16)7-9-13/h6-9,17H,10-11,16H2,1-5H3. The van der Waals surface area contributed by atoms with E-state index in [2.05, 4.69) is 25.5 Å². The van der Waals surface area contributed by atoms with Crippen molar-refractivity contribution in [2.24, 2.45) is 11.1 Å². The third-order valence-electron chi connectivity index (χ3n) is 2.85. The average Bonchev–Trinajstić information content (AvgIpc) is 2.24. The van der Waals surface area contributed by atoms with Gasteiger partial charge >= 0.3 is 0 Å². The number of benzene rings is 1. The van der Waals surface area contributed by atoms with E-state index in [0.29, 0.717) is 6.54 Å². The zero-order valence-corrected chi connectivity index (χ0v) is 13.8. The lowest BCUT2D eigenvalue weighted by molar-refractivity contribution is 0.269. The fourth-order valence-corrected chi connectivity index (χ4v) is 4.00. The fraction of sp³-hybridized carbons (Fsp3) is 0.600. The molecule has 0 unspecified atom stereocenters. The van der Waals surface area contributed by atoms with Crippen molar-refractivity contribution in [2.75, 3.05) is 0 Å². The lowest BCUT2D eigenvalue weighted by Crippen LogP contribution is -2.45. The summed E-state index contributed by atoms with van der Waals surface area (Å²) in [4.78, 5) is 0.275. The Morgan fingerprint density at radius 2 is 1.55 bits per heavy atom. The van der Waals surface area contributed by atoms with Gasteiger partial charge in [0, 0.05) is 12.1 Å². The highest BCUT2D eigenvalue weighted by Crippen LogP contribution is 2.28. The van der Waals surface area contributed by atoms with Crippen LogP contribution in [0, 0.1) is 5.41 Å². The molecule has 0 atom stereocenters. The smallest absolute Gasteiger partial charge is 0.241 e.